The van der Waals surface area contributed by atoms with E-state index in [4.69, 9.17) is 0 Å². The zero-order valence-corrected chi connectivity index (χ0v) is 15.4. The highest BCUT2D eigenvalue weighted by molar-refractivity contribution is 5.98. The van der Waals surface area contributed by atoms with Crippen LogP contribution in [-0.4, -0.2) is 37.4 Å². The number of benzene rings is 2. The van der Waals surface area contributed by atoms with Crippen LogP contribution in [0.3, 0.4) is 0 Å². The third-order valence-electron chi connectivity index (χ3n) is 4.51. The van der Waals surface area contributed by atoms with Crippen molar-refractivity contribution in [3.63, 3.8) is 0 Å². The van der Waals surface area contributed by atoms with Crippen LogP contribution in [-0.2, 0) is 9.59 Å². The molecule has 7 heteroatoms. The van der Waals surface area contributed by atoms with E-state index in [1.807, 2.05) is 13.0 Å². The Bertz CT molecular complexity index is 912. The van der Waals surface area contributed by atoms with E-state index in [0.29, 0.717) is 11.4 Å². The highest BCUT2D eigenvalue weighted by atomic mass is 19.1. The van der Waals surface area contributed by atoms with Gasteiger partial charge in [-0.05, 0) is 49.8 Å². The molecule has 0 aromatic heterocycles. The van der Waals surface area contributed by atoms with Crippen LogP contribution in [0.5, 0.6) is 0 Å². The molecule has 2 aromatic carbocycles. The van der Waals surface area contributed by atoms with Crippen molar-refractivity contribution >= 4 is 23.2 Å². The number of carbonyl (C=O) groups is 2. The van der Waals surface area contributed by atoms with Crippen LogP contribution in [0.15, 0.2) is 30.3 Å². The summed E-state index contributed by atoms with van der Waals surface area (Å²) in [5, 5.41) is 5.60. The van der Waals surface area contributed by atoms with Gasteiger partial charge >= 0.3 is 0 Å². The first-order valence-electron chi connectivity index (χ1n) is 8.58. The van der Waals surface area contributed by atoms with E-state index < -0.39 is 17.6 Å². The van der Waals surface area contributed by atoms with Crippen molar-refractivity contribution in [2.45, 2.75) is 19.3 Å². The molecule has 0 saturated carbocycles. The molecule has 1 heterocycles. The third kappa shape index (κ3) is 4.14. The Morgan fingerprint density at radius 2 is 1.96 bits per heavy atom. The molecule has 1 unspecified atom stereocenters. The molecule has 0 spiro atoms. The van der Waals surface area contributed by atoms with E-state index in [2.05, 4.69) is 10.6 Å². The quantitative estimate of drug-likeness (QED) is 0.865. The van der Waals surface area contributed by atoms with Gasteiger partial charge in [-0.15, -0.1) is 0 Å². The highest BCUT2D eigenvalue weighted by Gasteiger charge is 2.29. The average Bonchev–Trinajstić information content (AvgIpc) is 2.55. The number of likely N-dealkylation sites (N-methyl/N-ethyl adjacent to an activating group) is 1. The maximum absolute atomic E-state index is 14.3. The van der Waals surface area contributed by atoms with Crippen molar-refractivity contribution in [1.29, 1.82) is 0 Å². The summed E-state index contributed by atoms with van der Waals surface area (Å²) in [7, 11) is 3.59. The maximum atomic E-state index is 14.3. The van der Waals surface area contributed by atoms with E-state index >= 15 is 0 Å². The fourth-order valence-corrected chi connectivity index (χ4v) is 3.30. The normalized spacial score (nSPS) is 16.1. The van der Waals surface area contributed by atoms with Gasteiger partial charge in [0.1, 0.15) is 11.6 Å². The minimum atomic E-state index is -0.679. The van der Waals surface area contributed by atoms with E-state index in [0.717, 1.165) is 17.2 Å². The third-order valence-corrected chi connectivity index (χ3v) is 4.51. The van der Waals surface area contributed by atoms with Gasteiger partial charge in [0.25, 0.3) is 0 Å². The van der Waals surface area contributed by atoms with E-state index in [1.54, 1.807) is 25.1 Å². The van der Waals surface area contributed by atoms with Crippen LogP contribution in [0, 0.1) is 18.6 Å². The van der Waals surface area contributed by atoms with E-state index in [9.17, 15) is 18.4 Å². The molecular formula is C20H21F2N3O2. The van der Waals surface area contributed by atoms with Gasteiger partial charge in [0.15, 0.2) is 0 Å². The molecule has 1 aliphatic rings. The van der Waals surface area contributed by atoms with Crippen LogP contribution < -0.4 is 10.6 Å². The molecular weight excluding hydrogens is 352 g/mol. The summed E-state index contributed by atoms with van der Waals surface area (Å²) in [5.74, 6) is -2.29. The Morgan fingerprint density at radius 3 is 2.63 bits per heavy atom. The Labute approximate surface area is 156 Å². The monoisotopic (exact) mass is 373 g/mol. The number of rotatable bonds is 4. The van der Waals surface area contributed by atoms with Crippen LogP contribution in [0.1, 0.15) is 29.0 Å². The summed E-state index contributed by atoms with van der Waals surface area (Å²) >= 11 is 0. The molecule has 1 aliphatic heterocycles. The second-order valence-electron chi connectivity index (χ2n) is 7.01. The Kier molecular flexibility index (Phi) is 5.23. The number of carbonyl (C=O) groups excluding carboxylic acids is 2. The molecule has 1 atom stereocenters. The van der Waals surface area contributed by atoms with E-state index in [-0.39, 0.29) is 30.3 Å². The molecule has 142 valence electrons. The fraction of sp³-hybridized carbons (Fsp3) is 0.300. The smallest absolute Gasteiger partial charge is 0.238 e. The van der Waals surface area contributed by atoms with Gasteiger partial charge in [-0.1, -0.05) is 12.1 Å². The Balaban J connectivity index is 1.99. The van der Waals surface area contributed by atoms with Gasteiger partial charge in [0.2, 0.25) is 11.8 Å². The molecule has 2 aromatic rings. The lowest BCUT2D eigenvalue weighted by Gasteiger charge is -2.28. The van der Waals surface area contributed by atoms with Gasteiger partial charge < -0.3 is 15.5 Å². The summed E-state index contributed by atoms with van der Waals surface area (Å²) in [5.41, 5.74) is 2.91. The molecule has 0 aliphatic carbocycles. The number of anilines is 2. The summed E-state index contributed by atoms with van der Waals surface area (Å²) in [6, 6.07) is 6.90. The topological polar surface area (TPSA) is 61.4 Å². The maximum Gasteiger partial charge on any atom is 0.238 e. The Hall–Kier alpha value is -2.80. The zero-order chi connectivity index (χ0) is 19.7. The minimum Gasteiger partial charge on any atom is -0.326 e. The van der Waals surface area contributed by atoms with Crippen LogP contribution >= 0.6 is 0 Å². The highest BCUT2D eigenvalue weighted by Crippen LogP contribution is 2.40. The Morgan fingerprint density at radius 1 is 1.22 bits per heavy atom. The number of halogens is 2. The number of aryl methyl sites for hydroxylation is 1. The number of fused-ring (bicyclic) bond motifs is 1. The molecule has 27 heavy (non-hydrogen) atoms. The lowest BCUT2D eigenvalue weighted by Crippen LogP contribution is -2.28. The molecule has 0 fully saturated rings. The first-order chi connectivity index (χ1) is 12.7. The summed E-state index contributed by atoms with van der Waals surface area (Å²) in [6.07, 6.45) is 0.0708. The SMILES string of the molecule is Cc1cc2c(cc1NC(=O)CN(C)C)NC(=O)CC2c1ccc(F)cc1F. The number of nitrogens with one attached hydrogen (secondary N) is 2. The predicted molar refractivity (Wildman–Crippen MR) is 99.8 cm³/mol. The first kappa shape index (κ1) is 19.0. The van der Waals surface area contributed by atoms with Crippen molar-refractivity contribution in [2.75, 3.05) is 31.3 Å². The van der Waals surface area contributed by atoms with Crippen LogP contribution in [0.4, 0.5) is 20.2 Å². The van der Waals surface area contributed by atoms with Crippen molar-refractivity contribution in [2.24, 2.45) is 0 Å². The molecule has 2 N–H and O–H groups in total. The van der Waals surface area contributed by atoms with Gasteiger partial charge in [-0.2, -0.15) is 0 Å². The second kappa shape index (κ2) is 7.44. The van der Waals surface area contributed by atoms with Gasteiger partial charge in [-0.3, -0.25) is 9.59 Å². The summed E-state index contributed by atoms with van der Waals surface area (Å²) < 4.78 is 27.5. The molecule has 2 amide bonds. The van der Waals surface area contributed by atoms with E-state index in [1.165, 1.54) is 12.1 Å². The van der Waals surface area contributed by atoms with Gasteiger partial charge in [0, 0.05) is 29.8 Å². The van der Waals surface area contributed by atoms with Crippen molar-refractivity contribution < 1.29 is 18.4 Å². The van der Waals surface area contributed by atoms with Crippen LogP contribution in [0.25, 0.3) is 0 Å². The van der Waals surface area contributed by atoms with Gasteiger partial charge in [0.05, 0.1) is 6.54 Å². The molecule has 3 rings (SSSR count). The minimum absolute atomic E-state index is 0.0708. The number of nitrogens with zero attached hydrogens (tertiary/aromatic N) is 1. The van der Waals surface area contributed by atoms with Crippen LogP contribution in [0.2, 0.25) is 0 Å². The number of amides is 2. The fourth-order valence-electron chi connectivity index (χ4n) is 3.30. The van der Waals surface area contributed by atoms with Crippen molar-refractivity contribution in [3.05, 3.63) is 58.7 Å². The molecule has 0 radical (unpaired) electrons. The first-order valence-corrected chi connectivity index (χ1v) is 8.58. The van der Waals surface area contributed by atoms with Gasteiger partial charge in [-0.25, -0.2) is 8.78 Å². The largest absolute Gasteiger partial charge is 0.326 e. The molecule has 0 bridgehead atoms. The second-order valence-corrected chi connectivity index (χ2v) is 7.01. The van der Waals surface area contributed by atoms with Crippen molar-refractivity contribution in [3.8, 4) is 0 Å². The summed E-state index contributed by atoms with van der Waals surface area (Å²) in [4.78, 5) is 25.9. The van der Waals surface area contributed by atoms with Crippen molar-refractivity contribution in [1.82, 2.24) is 4.90 Å². The predicted octanol–water partition coefficient (Wildman–Crippen LogP) is 3.25. The number of hydrogen-bond acceptors (Lipinski definition) is 3. The zero-order valence-electron chi connectivity index (χ0n) is 15.4. The summed E-state index contributed by atoms with van der Waals surface area (Å²) in [6.45, 7) is 2.06. The molecule has 0 saturated heterocycles. The standard InChI is InChI=1S/C20H21F2N3O2/c1-11-6-15-14(13-5-4-12(21)7-16(13)22)8-19(26)24-18(15)9-17(11)23-20(27)10-25(2)3/h4-7,9,14H,8,10H2,1-3H3,(H,23,27)(H,24,26). The lowest BCUT2D eigenvalue weighted by molar-refractivity contribution is -0.117. The number of hydrogen-bond donors (Lipinski definition) is 2. The molecule has 5 nitrogen and oxygen atoms in total. The lowest BCUT2D eigenvalue weighted by atomic mass is 9.83. The average molecular weight is 373 g/mol.